The van der Waals surface area contributed by atoms with Crippen LogP contribution in [0.2, 0.25) is 0 Å². The van der Waals surface area contributed by atoms with Gasteiger partial charge >= 0.3 is 0 Å². The summed E-state index contributed by atoms with van der Waals surface area (Å²) in [5, 5.41) is 3.04. The summed E-state index contributed by atoms with van der Waals surface area (Å²) in [7, 11) is 0. The molecule has 0 radical (unpaired) electrons. The maximum absolute atomic E-state index is 12.2. The average Bonchev–Trinajstić information content (AvgIpc) is 2.48. The number of quaternary nitrogens is 1. The zero-order valence-electron chi connectivity index (χ0n) is 13.1. The number of benzene rings is 1. The maximum atomic E-state index is 12.2. The molecule has 0 aliphatic carbocycles. The summed E-state index contributed by atoms with van der Waals surface area (Å²) in [5.74, 6) is 0.175. The molecule has 22 heavy (non-hydrogen) atoms. The molecule has 0 spiro atoms. The fraction of sp³-hybridized carbons (Fsp3) is 0.500. The first-order chi connectivity index (χ1) is 10.5. The Balaban J connectivity index is 1.78. The Hall–Kier alpha value is -1.40. The largest absolute Gasteiger partial charge is 0.345 e. The minimum absolute atomic E-state index is 0.00138. The van der Waals surface area contributed by atoms with Crippen LogP contribution in [0.15, 0.2) is 28.7 Å². The summed E-state index contributed by atoms with van der Waals surface area (Å²) in [4.78, 5) is 26.5. The SMILES string of the molecule is CC(=O)N1CC[NH+](CC(=O)N[C@H](C)c2ccc(Br)cc2)CC1. The fourth-order valence-electron chi connectivity index (χ4n) is 2.67. The highest BCUT2D eigenvalue weighted by Gasteiger charge is 2.23. The fourth-order valence-corrected chi connectivity index (χ4v) is 2.93. The van der Waals surface area contributed by atoms with Crippen molar-refractivity contribution in [1.29, 1.82) is 0 Å². The van der Waals surface area contributed by atoms with Gasteiger partial charge in [-0.1, -0.05) is 28.1 Å². The molecule has 2 rings (SSSR count). The maximum Gasteiger partial charge on any atom is 0.275 e. The molecular weight excluding hydrogens is 346 g/mol. The van der Waals surface area contributed by atoms with Crippen LogP contribution in [0.5, 0.6) is 0 Å². The summed E-state index contributed by atoms with van der Waals surface area (Å²) >= 11 is 3.41. The first-order valence-corrected chi connectivity index (χ1v) is 8.39. The molecule has 1 saturated heterocycles. The molecule has 0 aromatic heterocycles. The number of carbonyl (C=O) groups is 2. The van der Waals surface area contributed by atoms with Gasteiger partial charge in [0.1, 0.15) is 0 Å². The molecule has 1 heterocycles. The van der Waals surface area contributed by atoms with E-state index in [1.807, 2.05) is 36.1 Å². The second-order valence-corrected chi connectivity index (χ2v) is 6.69. The third-order valence-electron chi connectivity index (χ3n) is 4.07. The van der Waals surface area contributed by atoms with Crippen LogP contribution in [-0.2, 0) is 9.59 Å². The van der Waals surface area contributed by atoms with Crippen molar-refractivity contribution in [3.05, 3.63) is 34.3 Å². The molecule has 1 aromatic carbocycles. The van der Waals surface area contributed by atoms with Crippen LogP contribution >= 0.6 is 15.9 Å². The Morgan fingerprint density at radius 3 is 2.41 bits per heavy atom. The van der Waals surface area contributed by atoms with Crippen molar-refractivity contribution in [1.82, 2.24) is 10.2 Å². The van der Waals surface area contributed by atoms with Gasteiger partial charge in [0.05, 0.1) is 32.2 Å². The van der Waals surface area contributed by atoms with Gasteiger partial charge in [0.25, 0.3) is 5.91 Å². The molecule has 1 aliphatic heterocycles. The van der Waals surface area contributed by atoms with E-state index in [4.69, 9.17) is 0 Å². The number of nitrogens with zero attached hydrogens (tertiary/aromatic N) is 1. The monoisotopic (exact) mass is 368 g/mol. The van der Waals surface area contributed by atoms with Crippen LogP contribution in [0.4, 0.5) is 0 Å². The highest BCUT2D eigenvalue weighted by Crippen LogP contribution is 2.16. The summed E-state index contributed by atoms with van der Waals surface area (Å²) in [6, 6.07) is 7.97. The molecule has 0 unspecified atom stereocenters. The number of nitrogens with one attached hydrogen (secondary N) is 2. The Bertz CT molecular complexity index is 525. The van der Waals surface area contributed by atoms with E-state index in [0.717, 1.165) is 36.2 Å². The van der Waals surface area contributed by atoms with Crippen molar-refractivity contribution in [2.45, 2.75) is 19.9 Å². The third kappa shape index (κ3) is 4.81. The number of halogens is 1. The van der Waals surface area contributed by atoms with Gasteiger partial charge in [-0.05, 0) is 24.6 Å². The van der Waals surface area contributed by atoms with E-state index in [9.17, 15) is 9.59 Å². The Labute approximate surface area is 139 Å². The molecule has 0 saturated carbocycles. The summed E-state index contributed by atoms with van der Waals surface area (Å²) in [6.45, 7) is 7.19. The number of hydrogen-bond donors (Lipinski definition) is 2. The van der Waals surface area contributed by atoms with Crippen LogP contribution in [0.1, 0.15) is 25.5 Å². The smallest absolute Gasteiger partial charge is 0.275 e. The molecule has 1 aromatic rings. The van der Waals surface area contributed by atoms with Crippen LogP contribution in [0.3, 0.4) is 0 Å². The summed E-state index contributed by atoms with van der Waals surface area (Å²) in [5.41, 5.74) is 1.09. The summed E-state index contributed by atoms with van der Waals surface area (Å²) < 4.78 is 1.03. The average molecular weight is 369 g/mol. The van der Waals surface area contributed by atoms with Crippen LogP contribution < -0.4 is 10.2 Å². The van der Waals surface area contributed by atoms with E-state index in [2.05, 4.69) is 21.2 Å². The highest BCUT2D eigenvalue weighted by molar-refractivity contribution is 9.10. The molecule has 6 heteroatoms. The lowest BCUT2D eigenvalue weighted by atomic mass is 10.1. The first-order valence-electron chi connectivity index (χ1n) is 7.59. The molecule has 5 nitrogen and oxygen atoms in total. The lowest BCUT2D eigenvalue weighted by Gasteiger charge is -2.31. The van der Waals surface area contributed by atoms with E-state index in [1.165, 1.54) is 4.90 Å². The normalized spacial score (nSPS) is 17.1. The quantitative estimate of drug-likeness (QED) is 0.806. The minimum Gasteiger partial charge on any atom is -0.345 e. The van der Waals surface area contributed by atoms with Crippen molar-refractivity contribution in [2.75, 3.05) is 32.7 Å². The van der Waals surface area contributed by atoms with Crippen LogP contribution in [-0.4, -0.2) is 49.4 Å². The second kappa shape index (κ2) is 7.74. The number of carbonyl (C=O) groups excluding carboxylic acids is 2. The highest BCUT2D eigenvalue weighted by atomic mass is 79.9. The van der Waals surface area contributed by atoms with Crippen LogP contribution in [0.25, 0.3) is 0 Å². The predicted octanol–water partition coefficient (Wildman–Crippen LogP) is 0.373. The zero-order valence-corrected chi connectivity index (χ0v) is 14.6. The zero-order chi connectivity index (χ0) is 16.1. The molecule has 1 fully saturated rings. The lowest BCUT2D eigenvalue weighted by Crippen LogP contribution is -3.15. The topological polar surface area (TPSA) is 53.9 Å². The van der Waals surface area contributed by atoms with Gasteiger partial charge in [-0.2, -0.15) is 0 Å². The van der Waals surface area contributed by atoms with E-state index in [0.29, 0.717) is 6.54 Å². The number of amides is 2. The van der Waals surface area contributed by atoms with Crippen molar-refractivity contribution in [3.63, 3.8) is 0 Å². The Morgan fingerprint density at radius 1 is 1.27 bits per heavy atom. The van der Waals surface area contributed by atoms with E-state index in [-0.39, 0.29) is 17.9 Å². The minimum atomic E-state index is -0.00138. The number of hydrogen-bond acceptors (Lipinski definition) is 2. The van der Waals surface area contributed by atoms with Crippen molar-refractivity contribution >= 4 is 27.7 Å². The molecular formula is C16H23BrN3O2+. The van der Waals surface area contributed by atoms with Gasteiger partial charge in [-0.3, -0.25) is 9.59 Å². The van der Waals surface area contributed by atoms with Crippen molar-refractivity contribution in [3.8, 4) is 0 Å². The number of rotatable bonds is 4. The predicted molar refractivity (Wildman–Crippen MR) is 88.5 cm³/mol. The summed E-state index contributed by atoms with van der Waals surface area (Å²) in [6.07, 6.45) is 0. The second-order valence-electron chi connectivity index (χ2n) is 5.77. The molecule has 120 valence electrons. The first kappa shape index (κ1) is 17.0. The molecule has 2 N–H and O–H groups in total. The van der Waals surface area contributed by atoms with Gasteiger partial charge < -0.3 is 15.1 Å². The molecule has 0 bridgehead atoms. The van der Waals surface area contributed by atoms with E-state index >= 15 is 0 Å². The van der Waals surface area contributed by atoms with Gasteiger partial charge in [0.2, 0.25) is 5.91 Å². The Morgan fingerprint density at radius 2 is 1.86 bits per heavy atom. The third-order valence-corrected chi connectivity index (χ3v) is 4.60. The lowest BCUT2D eigenvalue weighted by molar-refractivity contribution is -0.896. The molecule has 1 atom stereocenters. The van der Waals surface area contributed by atoms with E-state index in [1.54, 1.807) is 6.92 Å². The standard InChI is InChI=1S/C16H22BrN3O2/c1-12(14-3-5-15(17)6-4-14)18-16(22)11-19-7-9-20(10-8-19)13(2)21/h3-6,12H,7-11H2,1-2H3,(H,18,22)/p+1/t12-/m1/s1. The van der Waals surface area contributed by atoms with Crippen molar-refractivity contribution in [2.24, 2.45) is 0 Å². The van der Waals surface area contributed by atoms with Crippen molar-refractivity contribution < 1.29 is 14.5 Å². The van der Waals surface area contributed by atoms with Crippen LogP contribution in [0, 0.1) is 0 Å². The van der Waals surface area contributed by atoms with Gasteiger partial charge in [0.15, 0.2) is 6.54 Å². The number of piperazine rings is 1. The molecule has 1 aliphatic rings. The van der Waals surface area contributed by atoms with Gasteiger partial charge in [-0.25, -0.2) is 0 Å². The van der Waals surface area contributed by atoms with E-state index < -0.39 is 0 Å². The molecule has 2 amide bonds. The van der Waals surface area contributed by atoms with Gasteiger partial charge in [0, 0.05) is 11.4 Å². The Kier molecular flexibility index (Phi) is 5.97. The van der Waals surface area contributed by atoms with Gasteiger partial charge in [-0.15, -0.1) is 0 Å².